The van der Waals surface area contributed by atoms with Gasteiger partial charge >= 0.3 is 0 Å². The molecule has 5 nitrogen and oxygen atoms in total. The summed E-state index contributed by atoms with van der Waals surface area (Å²) in [5, 5.41) is 0.525. The molecule has 2 saturated carbocycles. The topological polar surface area (TPSA) is 57.7 Å². The second-order valence-electron chi connectivity index (χ2n) is 8.35. The average molecular weight is 459 g/mol. The van der Waals surface area contributed by atoms with E-state index in [1.165, 1.54) is 22.5 Å². The van der Waals surface area contributed by atoms with E-state index in [0.717, 1.165) is 25.7 Å². The smallest absolute Gasteiger partial charge is 0.264 e. The number of sulfonamides is 1. The minimum absolute atomic E-state index is 0.0827. The van der Waals surface area contributed by atoms with Gasteiger partial charge in [0.15, 0.2) is 0 Å². The highest BCUT2D eigenvalue weighted by molar-refractivity contribution is 7.92. The first-order valence-corrected chi connectivity index (χ1v) is 12.5. The quantitative estimate of drug-likeness (QED) is 0.490. The summed E-state index contributed by atoms with van der Waals surface area (Å²) in [6, 6.07) is 13.4. The molecule has 0 spiro atoms. The number of carbonyl (C=O) groups is 1. The van der Waals surface area contributed by atoms with Crippen molar-refractivity contribution >= 4 is 33.2 Å². The van der Waals surface area contributed by atoms with Gasteiger partial charge in [0.25, 0.3) is 15.9 Å². The molecule has 164 valence electrons. The minimum Gasteiger partial charge on any atom is -0.333 e. The second kappa shape index (κ2) is 8.67. The van der Waals surface area contributed by atoms with E-state index in [2.05, 4.69) is 13.5 Å². The molecule has 7 heteroatoms. The highest BCUT2D eigenvalue weighted by atomic mass is 35.5. The van der Waals surface area contributed by atoms with E-state index in [1.54, 1.807) is 36.4 Å². The number of rotatable bonds is 9. The van der Waals surface area contributed by atoms with Crippen molar-refractivity contribution in [3.8, 4) is 0 Å². The third-order valence-electron chi connectivity index (χ3n) is 6.00. The van der Waals surface area contributed by atoms with Gasteiger partial charge in [-0.2, -0.15) is 0 Å². The van der Waals surface area contributed by atoms with E-state index in [-0.39, 0.29) is 29.4 Å². The minimum atomic E-state index is -3.89. The number of amides is 1. The molecule has 1 amide bonds. The highest BCUT2D eigenvalue weighted by Gasteiger charge is 2.42. The maximum Gasteiger partial charge on any atom is 0.264 e. The van der Waals surface area contributed by atoms with Gasteiger partial charge in [-0.15, -0.1) is 6.58 Å². The number of anilines is 1. The third-order valence-corrected chi connectivity index (χ3v) is 8.04. The van der Waals surface area contributed by atoms with E-state index in [0.29, 0.717) is 22.2 Å². The number of carbonyl (C=O) groups excluding carboxylic acids is 1. The Labute approximate surface area is 189 Å². The first-order valence-electron chi connectivity index (χ1n) is 10.6. The van der Waals surface area contributed by atoms with Crippen molar-refractivity contribution in [2.75, 3.05) is 10.8 Å². The zero-order chi connectivity index (χ0) is 22.2. The Morgan fingerprint density at radius 1 is 1.16 bits per heavy atom. The van der Waals surface area contributed by atoms with E-state index >= 15 is 0 Å². The molecule has 2 aliphatic carbocycles. The lowest BCUT2D eigenvalue weighted by atomic mass is 10.1. The lowest BCUT2D eigenvalue weighted by Crippen LogP contribution is -2.41. The van der Waals surface area contributed by atoms with Crippen LogP contribution in [0.3, 0.4) is 0 Å². The summed E-state index contributed by atoms with van der Waals surface area (Å²) in [7, 11) is -3.89. The van der Waals surface area contributed by atoms with Crippen molar-refractivity contribution in [3.05, 3.63) is 71.8 Å². The van der Waals surface area contributed by atoms with Crippen LogP contribution in [-0.4, -0.2) is 37.9 Å². The van der Waals surface area contributed by atoms with Crippen LogP contribution >= 0.6 is 11.6 Å². The van der Waals surface area contributed by atoms with Crippen LogP contribution in [0, 0.1) is 5.92 Å². The zero-order valence-corrected chi connectivity index (χ0v) is 19.1. The van der Waals surface area contributed by atoms with Gasteiger partial charge in [0.05, 0.1) is 17.1 Å². The predicted molar refractivity (Wildman–Crippen MR) is 124 cm³/mol. The molecule has 31 heavy (non-hydrogen) atoms. The van der Waals surface area contributed by atoms with Crippen molar-refractivity contribution in [1.29, 1.82) is 0 Å². The van der Waals surface area contributed by atoms with Gasteiger partial charge in [-0.05, 0) is 81.0 Å². The van der Waals surface area contributed by atoms with E-state index < -0.39 is 10.0 Å². The summed E-state index contributed by atoms with van der Waals surface area (Å²) in [6.07, 6.45) is 5.88. The number of hydrogen-bond acceptors (Lipinski definition) is 3. The first-order chi connectivity index (χ1) is 14.8. The van der Waals surface area contributed by atoms with Gasteiger partial charge < -0.3 is 4.90 Å². The molecule has 0 bridgehead atoms. The molecule has 2 fully saturated rings. The van der Waals surface area contributed by atoms with Gasteiger partial charge in [-0.25, -0.2) is 8.42 Å². The van der Waals surface area contributed by atoms with Crippen molar-refractivity contribution < 1.29 is 13.2 Å². The van der Waals surface area contributed by atoms with Crippen LogP contribution in [0.15, 0.2) is 66.1 Å². The standard InChI is InChI=1S/C24H27ClN2O3S/c1-3-15-26(21-11-9-20(25)10-12-21)31(29,30)23-6-4-5-19(16-23)24(28)27(22-13-14-22)17(2)18-7-8-18/h3-6,9-12,16-18,22H,1,7-8,13-15H2,2H3. The molecular weight excluding hydrogens is 432 g/mol. The lowest BCUT2D eigenvalue weighted by molar-refractivity contribution is 0.0654. The molecule has 0 saturated heterocycles. The molecule has 0 N–H and O–H groups in total. The molecule has 0 radical (unpaired) electrons. The molecule has 1 unspecified atom stereocenters. The van der Waals surface area contributed by atoms with E-state index in [1.807, 2.05) is 4.90 Å². The molecular formula is C24H27ClN2O3S. The maximum absolute atomic E-state index is 13.5. The summed E-state index contributed by atoms with van der Waals surface area (Å²) in [4.78, 5) is 15.4. The summed E-state index contributed by atoms with van der Waals surface area (Å²) in [5.74, 6) is 0.477. The zero-order valence-electron chi connectivity index (χ0n) is 17.6. The highest BCUT2D eigenvalue weighted by Crippen LogP contribution is 2.40. The fourth-order valence-corrected chi connectivity index (χ4v) is 5.58. The van der Waals surface area contributed by atoms with Crippen molar-refractivity contribution in [2.45, 2.75) is 49.6 Å². The molecule has 2 aromatic rings. The van der Waals surface area contributed by atoms with Crippen LogP contribution in [0.25, 0.3) is 0 Å². The van der Waals surface area contributed by atoms with Crippen LogP contribution in [0.1, 0.15) is 43.0 Å². The summed E-state index contributed by atoms with van der Waals surface area (Å²) in [6.45, 7) is 5.91. The molecule has 4 rings (SSSR count). The van der Waals surface area contributed by atoms with Gasteiger partial charge in [-0.3, -0.25) is 9.10 Å². The van der Waals surface area contributed by atoms with Crippen molar-refractivity contribution in [1.82, 2.24) is 4.90 Å². The Morgan fingerprint density at radius 2 is 1.84 bits per heavy atom. The Morgan fingerprint density at radius 3 is 2.42 bits per heavy atom. The third kappa shape index (κ3) is 4.65. The fourth-order valence-electron chi connectivity index (χ4n) is 3.97. The Hall–Kier alpha value is -2.31. The van der Waals surface area contributed by atoms with Crippen LogP contribution < -0.4 is 4.31 Å². The summed E-state index contributed by atoms with van der Waals surface area (Å²) < 4.78 is 28.2. The SMILES string of the molecule is C=CCN(c1ccc(Cl)cc1)S(=O)(=O)c1cccc(C(=O)N(C2CC2)C(C)C2CC2)c1. The van der Waals surface area contributed by atoms with E-state index in [4.69, 9.17) is 11.6 Å². The number of benzene rings is 2. The fraction of sp³-hybridized carbons (Fsp3) is 0.375. The summed E-state index contributed by atoms with van der Waals surface area (Å²) in [5.41, 5.74) is 0.901. The van der Waals surface area contributed by atoms with Crippen LogP contribution in [0.2, 0.25) is 5.02 Å². The van der Waals surface area contributed by atoms with Crippen molar-refractivity contribution in [2.24, 2.45) is 5.92 Å². The lowest BCUT2D eigenvalue weighted by Gasteiger charge is -2.30. The average Bonchev–Trinajstić information content (AvgIpc) is 3.66. The number of nitrogens with zero attached hydrogens (tertiary/aromatic N) is 2. The van der Waals surface area contributed by atoms with Gasteiger partial charge in [0, 0.05) is 22.7 Å². The van der Waals surface area contributed by atoms with Gasteiger partial charge in [-0.1, -0.05) is 23.7 Å². The maximum atomic E-state index is 13.5. The van der Waals surface area contributed by atoms with E-state index in [9.17, 15) is 13.2 Å². The Bertz CT molecular complexity index is 1080. The van der Waals surface area contributed by atoms with Gasteiger partial charge in [0.2, 0.25) is 0 Å². The molecule has 0 aromatic heterocycles. The first kappa shape index (κ1) is 21.9. The van der Waals surface area contributed by atoms with Crippen LogP contribution in [0.4, 0.5) is 5.69 Å². The van der Waals surface area contributed by atoms with Gasteiger partial charge in [0.1, 0.15) is 0 Å². The summed E-state index contributed by atoms with van der Waals surface area (Å²) >= 11 is 5.96. The second-order valence-corrected chi connectivity index (χ2v) is 10.6. The normalized spacial score (nSPS) is 17.1. The monoisotopic (exact) mass is 458 g/mol. The van der Waals surface area contributed by atoms with Crippen LogP contribution in [0.5, 0.6) is 0 Å². The molecule has 0 aliphatic heterocycles. The molecule has 0 heterocycles. The Balaban J connectivity index is 1.66. The number of hydrogen-bond donors (Lipinski definition) is 0. The Kier molecular flexibility index (Phi) is 6.13. The van der Waals surface area contributed by atoms with Crippen LogP contribution in [-0.2, 0) is 10.0 Å². The molecule has 2 aromatic carbocycles. The molecule has 2 aliphatic rings. The number of halogens is 1. The van der Waals surface area contributed by atoms with Crippen molar-refractivity contribution in [3.63, 3.8) is 0 Å². The predicted octanol–water partition coefficient (Wildman–Crippen LogP) is 5.12. The molecule has 1 atom stereocenters. The largest absolute Gasteiger partial charge is 0.333 e.